The Balaban J connectivity index is 2.14. The fourth-order valence-corrected chi connectivity index (χ4v) is 2.04. The van der Waals surface area contributed by atoms with Crippen LogP contribution >= 0.6 is 0 Å². The summed E-state index contributed by atoms with van der Waals surface area (Å²) in [6.07, 6.45) is 6.84. The van der Waals surface area contributed by atoms with E-state index < -0.39 is 0 Å². The second-order valence-corrected chi connectivity index (χ2v) is 4.33. The summed E-state index contributed by atoms with van der Waals surface area (Å²) in [6.45, 7) is 4.32. The lowest BCUT2D eigenvalue weighted by molar-refractivity contribution is 0.721. The van der Waals surface area contributed by atoms with Crippen LogP contribution in [0.15, 0.2) is 30.7 Å². The van der Waals surface area contributed by atoms with Crippen molar-refractivity contribution in [3.8, 4) is 0 Å². The van der Waals surface area contributed by atoms with Crippen LogP contribution < -0.4 is 0 Å². The van der Waals surface area contributed by atoms with Gasteiger partial charge < -0.3 is 0 Å². The average molecular weight is 215 g/mol. The van der Waals surface area contributed by atoms with Crippen LogP contribution in [0, 0.1) is 6.92 Å². The zero-order valence-corrected chi connectivity index (χ0v) is 10.0. The van der Waals surface area contributed by atoms with Crippen molar-refractivity contribution >= 4 is 0 Å². The van der Waals surface area contributed by atoms with Crippen molar-refractivity contribution in [1.29, 1.82) is 0 Å². The van der Waals surface area contributed by atoms with Crippen LogP contribution in [0.4, 0.5) is 0 Å². The van der Waals surface area contributed by atoms with E-state index in [9.17, 15) is 0 Å². The summed E-state index contributed by atoms with van der Waals surface area (Å²) >= 11 is 0. The van der Waals surface area contributed by atoms with Crippen molar-refractivity contribution in [3.63, 3.8) is 0 Å². The van der Waals surface area contributed by atoms with Gasteiger partial charge in [0.05, 0.1) is 6.20 Å². The highest BCUT2D eigenvalue weighted by molar-refractivity contribution is 5.23. The van der Waals surface area contributed by atoms with Gasteiger partial charge in [-0.1, -0.05) is 13.0 Å². The van der Waals surface area contributed by atoms with E-state index in [0.29, 0.717) is 5.92 Å². The molecule has 84 valence electrons. The van der Waals surface area contributed by atoms with Gasteiger partial charge in [0.15, 0.2) is 0 Å². The Hall–Kier alpha value is -1.64. The molecule has 2 heterocycles. The molecule has 3 heteroatoms. The van der Waals surface area contributed by atoms with Crippen LogP contribution in [0.2, 0.25) is 0 Å². The van der Waals surface area contributed by atoms with E-state index in [0.717, 1.165) is 6.42 Å². The molecule has 0 radical (unpaired) electrons. The molecular weight excluding hydrogens is 198 g/mol. The second kappa shape index (κ2) is 4.47. The number of hydrogen-bond acceptors (Lipinski definition) is 2. The first-order valence-electron chi connectivity index (χ1n) is 5.56. The van der Waals surface area contributed by atoms with E-state index in [2.05, 4.69) is 36.2 Å². The molecule has 1 atom stereocenters. The molecule has 16 heavy (non-hydrogen) atoms. The van der Waals surface area contributed by atoms with E-state index in [4.69, 9.17) is 0 Å². The summed E-state index contributed by atoms with van der Waals surface area (Å²) < 4.78 is 1.84. The van der Waals surface area contributed by atoms with Crippen LogP contribution in [0.5, 0.6) is 0 Å². The molecule has 3 nitrogen and oxygen atoms in total. The summed E-state index contributed by atoms with van der Waals surface area (Å²) in [5.74, 6) is 0.436. The Morgan fingerprint density at radius 1 is 1.44 bits per heavy atom. The van der Waals surface area contributed by atoms with Crippen LogP contribution in [0.3, 0.4) is 0 Å². The molecule has 0 amide bonds. The van der Waals surface area contributed by atoms with Crippen molar-refractivity contribution in [2.45, 2.75) is 26.2 Å². The number of pyridine rings is 1. The Morgan fingerprint density at radius 3 is 2.88 bits per heavy atom. The zero-order valence-electron chi connectivity index (χ0n) is 10.0. The minimum Gasteiger partial charge on any atom is -0.276 e. The summed E-state index contributed by atoms with van der Waals surface area (Å²) in [7, 11) is 1.94. The highest BCUT2D eigenvalue weighted by atomic mass is 15.2. The number of aromatic nitrogens is 3. The third-order valence-corrected chi connectivity index (χ3v) is 2.82. The minimum absolute atomic E-state index is 0.436. The first-order chi connectivity index (χ1) is 7.66. The normalized spacial score (nSPS) is 12.7. The Labute approximate surface area is 96.1 Å². The number of hydrogen-bond donors (Lipinski definition) is 0. The molecule has 0 N–H and O–H groups in total. The Bertz CT molecular complexity index is 474. The summed E-state index contributed by atoms with van der Waals surface area (Å²) in [5.41, 5.74) is 3.71. The molecule has 0 saturated heterocycles. The van der Waals surface area contributed by atoms with Gasteiger partial charge in [0.2, 0.25) is 0 Å². The van der Waals surface area contributed by atoms with Crippen LogP contribution in [0.1, 0.15) is 29.7 Å². The monoisotopic (exact) mass is 215 g/mol. The van der Waals surface area contributed by atoms with Gasteiger partial charge in [0.25, 0.3) is 0 Å². The van der Waals surface area contributed by atoms with Crippen molar-refractivity contribution in [1.82, 2.24) is 14.8 Å². The number of rotatable bonds is 3. The van der Waals surface area contributed by atoms with Crippen molar-refractivity contribution in [3.05, 3.63) is 47.5 Å². The second-order valence-electron chi connectivity index (χ2n) is 4.33. The molecule has 0 saturated carbocycles. The molecule has 2 aromatic heterocycles. The van der Waals surface area contributed by atoms with Gasteiger partial charge in [-0.25, -0.2) is 0 Å². The van der Waals surface area contributed by atoms with Crippen molar-refractivity contribution < 1.29 is 0 Å². The van der Waals surface area contributed by atoms with Gasteiger partial charge >= 0.3 is 0 Å². The van der Waals surface area contributed by atoms with E-state index in [1.54, 1.807) is 0 Å². The topological polar surface area (TPSA) is 30.7 Å². The maximum absolute atomic E-state index is 4.45. The third-order valence-electron chi connectivity index (χ3n) is 2.82. The molecule has 0 fully saturated rings. The summed E-state index contributed by atoms with van der Waals surface area (Å²) in [6, 6.07) is 4.09. The quantitative estimate of drug-likeness (QED) is 0.787. The largest absolute Gasteiger partial charge is 0.276 e. The maximum Gasteiger partial charge on any atom is 0.0521 e. The molecule has 0 aromatic carbocycles. The predicted molar refractivity (Wildman–Crippen MR) is 64.3 cm³/mol. The average Bonchev–Trinajstić information content (AvgIpc) is 2.64. The number of nitrogens with zero attached hydrogens (tertiary/aromatic N) is 3. The molecular formula is C13H17N3. The first kappa shape index (κ1) is 10.9. The molecule has 2 rings (SSSR count). The maximum atomic E-state index is 4.45. The van der Waals surface area contributed by atoms with Gasteiger partial charge in [-0.05, 0) is 30.5 Å². The molecule has 0 aliphatic heterocycles. The molecule has 1 unspecified atom stereocenters. The Kier molecular flexibility index (Phi) is 3.04. The molecule has 0 aliphatic rings. The lowest BCUT2D eigenvalue weighted by Crippen LogP contribution is -2.02. The molecule has 2 aromatic rings. The third kappa shape index (κ3) is 2.30. The van der Waals surface area contributed by atoms with E-state index >= 15 is 0 Å². The number of aryl methyl sites for hydroxylation is 2. The standard InChI is InChI=1S/C13H17N3/c1-10-5-4-6-14-13(10)11(2)7-12-8-15-16(3)9-12/h4-6,8-9,11H,7H2,1-3H3. The van der Waals surface area contributed by atoms with E-state index in [1.165, 1.54) is 16.8 Å². The van der Waals surface area contributed by atoms with Crippen LogP contribution in [-0.2, 0) is 13.5 Å². The lowest BCUT2D eigenvalue weighted by Gasteiger charge is -2.11. The molecule has 0 bridgehead atoms. The highest BCUT2D eigenvalue weighted by Gasteiger charge is 2.11. The van der Waals surface area contributed by atoms with Crippen LogP contribution in [0.25, 0.3) is 0 Å². The van der Waals surface area contributed by atoms with E-state index in [-0.39, 0.29) is 0 Å². The minimum atomic E-state index is 0.436. The van der Waals surface area contributed by atoms with Crippen LogP contribution in [-0.4, -0.2) is 14.8 Å². The van der Waals surface area contributed by atoms with Gasteiger partial charge in [-0.15, -0.1) is 0 Å². The van der Waals surface area contributed by atoms with E-state index in [1.807, 2.05) is 30.2 Å². The first-order valence-corrected chi connectivity index (χ1v) is 5.56. The fourth-order valence-electron chi connectivity index (χ4n) is 2.04. The van der Waals surface area contributed by atoms with Gasteiger partial charge in [-0.2, -0.15) is 5.10 Å². The van der Waals surface area contributed by atoms with Gasteiger partial charge in [0, 0.05) is 31.1 Å². The molecule has 0 spiro atoms. The Morgan fingerprint density at radius 2 is 2.25 bits per heavy atom. The molecule has 0 aliphatic carbocycles. The summed E-state index contributed by atoms with van der Waals surface area (Å²) in [4.78, 5) is 4.45. The SMILES string of the molecule is Cc1cccnc1C(C)Cc1cnn(C)c1. The van der Waals surface area contributed by atoms with Gasteiger partial charge in [0.1, 0.15) is 0 Å². The highest BCUT2D eigenvalue weighted by Crippen LogP contribution is 2.20. The zero-order chi connectivity index (χ0) is 11.5. The van der Waals surface area contributed by atoms with Crippen molar-refractivity contribution in [2.75, 3.05) is 0 Å². The fraction of sp³-hybridized carbons (Fsp3) is 0.385. The smallest absolute Gasteiger partial charge is 0.0521 e. The van der Waals surface area contributed by atoms with Crippen molar-refractivity contribution in [2.24, 2.45) is 7.05 Å². The predicted octanol–water partition coefficient (Wildman–Crippen LogP) is 2.47. The van der Waals surface area contributed by atoms with Gasteiger partial charge in [-0.3, -0.25) is 9.67 Å². The lowest BCUT2D eigenvalue weighted by atomic mass is 9.97. The summed E-state index contributed by atoms with van der Waals surface area (Å²) in [5, 5.41) is 4.18.